The van der Waals surface area contributed by atoms with Crippen molar-refractivity contribution in [2.24, 2.45) is 0 Å². The number of benzene rings is 1. The van der Waals surface area contributed by atoms with E-state index in [1.54, 1.807) is 4.57 Å². The Labute approximate surface area is 156 Å². The minimum absolute atomic E-state index is 0.226. The van der Waals surface area contributed by atoms with Crippen LogP contribution in [0, 0.1) is 6.92 Å². The summed E-state index contributed by atoms with van der Waals surface area (Å²) in [5.74, 6) is 0.760. The van der Waals surface area contributed by atoms with E-state index in [9.17, 15) is 9.59 Å². The van der Waals surface area contributed by atoms with E-state index in [1.807, 2.05) is 38.1 Å². The second-order valence-corrected chi connectivity index (χ2v) is 6.96. The molecule has 0 fully saturated rings. The number of fused-ring (bicyclic) bond motifs is 1. The van der Waals surface area contributed by atoms with Crippen LogP contribution in [0.15, 0.2) is 38.4 Å². The van der Waals surface area contributed by atoms with E-state index in [0.717, 1.165) is 29.7 Å². The lowest BCUT2D eigenvalue weighted by Gasteiger charge is -2.21. The Morgan fingerprint density at radius 2 is 1.93 bits per heavy atom. The molecular weight excluding hydrogens is 344 g/mol. The van der Waals surface area contributed by atoms with Crippen LogP contribution in [0.5, 0.6) is 0 Å². The van der Waals surface area contributed by atoms with Crippen LogP contribution in [-0.4, -0.2) is 19.3 Å². The molecule has 2 aromatic heterocycles. The molecule has 4 rings (SSSR count). The summed E-state index contributed by atoms with van der Waals surface area (Å²) in [6.45, 7) is 4.75. The van der Waals surface area contributed by atoms with Crippen LogP contribution >= 0.6 is 0 Å². The van der Waals surface area contributed by atoms with E-state index in [0.29, 0.717) is 30.8 Å². The van der Waals surface area contributed by atoms with Crippen molar-refractivity contribution >= 4 is 0 Å². The predicted octanol–water partition coefficient (Wildman–Crippen LogP) is 2.32. The minimum atomic E-state index is -0.350. The third-order valence-electron chi connectivity index (χ3n) is 5.04. The Morgan fingerprint density at radius 3 is 2.63 bits per heavy atom. The van der Waals surface area contributed by atoms with Crippen molar-refractivity contribution in [3.05, 3.63) is 67.8 Å². The summed E-state index contributed by atoms with van der Waals surface area (Å²) < 4.78 is 8.21. The van der Waals surface area contributed by atoms with Gasteiger partial charge in [-0.15, -0.1) is 0 Å². The van der Waals surface area contributed by atoms with Gasteiger partial charge in [-0.3, -0.25) is 13.9 Å². The summed E-state index contributed by atoms with van der Waals surface area (Å²) >= 11 is 0. The number of nitrogens with zero attached hydrogens (tertiary/aromatic N) is 4. The van der Waals surface area contributed by atoms with Gasteiger partial charge >= 0.3 is 5.69 Å². The van der Waals surface area contributed by atoms with Gasteiger partial charge in [-0.05, 0) is 31.7 Å². The van der Waals surface area contributed by atoms with Gasteiger partial charge in [0.05, 0.1) is 6.54 Å². The average molecular weight is 366 g/mol. The molecule has 0 bridgehead atoms. The van der Waals surface area contributed by atoms with Crippen molar-refractivity contribution < 1.29 is 4.52 Å². The second-order valence-electron chi connectivity index (χ2n) is 6.96. The molecule has 0 aliphatic carbocycles. The van der Waals surface area contributed by atoms with Gasteiger partial charge in [0.2, 0.25) is 11.7 Å². The van der Waals surface area contributed by atoms with E-state index < -0.39 is 0 Å². The van der Waals surface area contributed by atoms with Crippen molar-refractivity contribution in [1.29, 1.82) is 0 Å². The van der Waals surface area contributed by atoms with Crippen molar-refractivity contribution in [2.45, 2.75) is 52.6 Å². The Bertz CT molecular complexity index is 1090. The third-order valence-corrected chi connectivity index (χ3v) is 5.04. The molecule has 3 aromatic rings. The summed E-state index contributed by atoms with van der Waals surface area (Å²) in [6, 6.07) is 7.83. The maximum absolute atomic E-state index is 13.3. The van der Waals surface area contributed by atoms with E-state index >= 15 is 0 Å². The fourth-order valence-corrected chi connectivity index (χ4v) is 3.53. The maximum Gasteiger partial charge on any atom is 0.331 e. The summed E-state index contributed by atoms with van der Waals surface area (Å²) in [5.41, 5.74) is 2.54. The van der Waals surface area contributed by atoms with Gasteiger partial charge in [-0.1, -0.05) is 41.9 Å². The minimum Gasteiger partial charge on any atom is -0.339 e. The van der Waals surface area contributed by atoms with Crippen LogP contribution in [0.1, 0.15) is 42.5 Å². The highest BCUT2D eigenvalue weighted by Gasteiger charge is 2.25. The van der Waals surface area contributed by atoms with Crippen molar-refractivity contribution in [2.75, 3.05) is 0 Å². The molecule has 1 aromatic carbocycles. The largest absolute Gasteiger partial charge is 0.339 e. The molecule has 0 radical (unpaired) electrons. The highest BCUT2D eigenvalue weighted by Crippen LogP contribution is 2.22. The van der Waals surface area contributed by atoms with Gasteiger partial charge in [0.1, 0.15) is 5.56 Å². The molecule has 27 heavy (non-hydrogen) atoms. The van der Waals surface area contributed by atoms with Crippen LogP contribution in [0.2, 0.25) is 0 Å². The first-order valence-corrected chi connectivity index (χ1v) is 9.33. The summed E-state index contributed by atoms with van der Waals surface area (Å²) in [7, 11) is 0. The van der Waals surface area contributed by atoms with Crippen LogP contribution in [0.3, 0.4) is 0 Å². The molecular formula is C20H22N4O3. The molecule has 0 spiro atoms. The van der Waals surface area contributed by atoms with E-state index in [4.69, 9.17) is 4.52 Å². The monoisotopic (exact) mass is 366 g/mol. The predicted molar refractivity (Wildman–Crippen MR) is 101 cm³/mol. The number of hydrogen-bond acceptors (Lipinski definition) is 5. The van der Waals surface area contributed by atoms with Gasteiger partial charge in [0.15, 0.2) is 0 Å². The Hall–Kier alpha value is -2.96. The van der Waals surface area contributed by atoms with E-state index in [1.165, 1.54) is 4.57 Å². The number of rotatable bonds is 4. The highest BCUT2D eigenvalue weighted by atomic mass is 16.5. The lowest BCUT2D eigenvalue weighted by Crippen LogP contribution is -2.44. The van der Waals surface area contributed by atoms with Gasteiger partial charge in [0, 0.05) is 18.7 Å². The number of aromatic nitrogens is 4. The smallest absolute Gasteiger partial charge is 0.331 e. The van der Waals surface area contributed by atoms with Crippen LogP contribution in [0.25, 0.3) is 11.4 Å². The SMILES string of the molecule is CCc1nc(-c2c3n(c(=O)n(Cc4ccc(C)cc4)c2=O)CCCC3)no1. The molecule has 0 saturated heterocycles. The molecule has 1 aliphatic rings. The summed E-state index contributed by atoms with van der Waals surface area (Å²) in [5, 5.41) is 4.00. The molecule has 0 saturated carbocycles. The maximum atomic E-state index is 13.3. The molecule has 0 N–H and O–H groups in total. The van der Waals surface area contributed by atoms with Gasteiger partial charge < -0.3 is 4.52 Å². The van der Waals surface area contributed by atoms with Gasteiger partial charge in [0.25, 0.3) is 5.56 Å². The first-order valence-electron chi connectivity index (χ1n) is 9.33. The first kappa shape index (κ1) is 17.5. The fraction of sp³-hybridized carbons (Fsp3) is 0.400. The number of hydrogen-bond donors (Lipinski definition) is 0. The lowest BCUT2D eigenvalue weighted by atomic mass is 10.0. The second kappa shape index (κ2) is 6.98. The third kappa shape index (κ3) is 3.13. The fourth-order valence-electron chi connectivity index (χ4n) is 3.53. The molecule has 1 aliphatic heterocycles. The lowest BCUT2D eigenvalue weighted by molar-refractivity contribution is 0.382. The van der Waals surface area contributed by atoms with E-state index in [-0.39, 0.29) is 23.6 Å². The Morgan fingerprint density at radius 1 is 1.15 bits per heavy atom. The Balaban J connectivity index is 1.91. The van der Waals surface area contributed by atoms with Crippen molar-refractivity contribution in [1.82, 2.24) is 19.3 Å². The van der Waals surface area contributed by atoms with Crippen molar-refractivity contribution in [3.8, 4) is 11.4 Å². The standard InChI is InChI=1S/C20H22N4O3/c1-3-16-21-18(22-27-16)17-15-6-4-5-11-23(15)20(26)24(19(17)25)12-14-9-7-13(2)8-10-14/h7-10H,3-6,11-12H2,1-2H3. The molecule has 140 valence electrons. The average Bonchev–Trinajstić information content (AvgIpc) is 3.15. The summed E-state index contributed by atoms with van der Waals surface area (Å²) in [6.07, 6.45) is 3.12. The van der Waals surface area contributed by atoms with Crippen LogP contribution < -0.4 is 11.2 Å². The normalized spacial score (nSPS) is 13.6. The highest BCUT2D eigenvalue weighted by molar-refractivity contribution is 5.56. The number of aryl methyl sites for hydroxylation is 2. The van der Waals surface area contributed by atoms with Crippen molar-refractivity contribution in [3.63, 3.8) is 0 Å². The zero-order valence-corrected chi connectivity index (χ0v) is 15.6. The quantitative estimate of drug-likeness (QED) is 0.708. The molecule has 0 atom stereocenters. The van der Waals surface area contributed by atoms with Gasteiger partial charge in [-0.25, -0.2) is 4.79 Å². The first-order chi connectivity index (χ1) is 13.1. The molecule has 3 heterocycles. The zero-order chi connectivity index (χ0) is 19.0. The molecule has 0 amide bonds. The molecule has 7 nitrogen and oxygen atoms in total. The topological polar surface area (TPSA) is 82.9 Å². The zero-order valence-electron chi connectivity index (χ0n) is 15.6. The summed E-state index contributed by atoms with van der Waals surface area (Å²) in [4.78, 5) is 30.6. The van der Waals surface area contributed by atoms with Crippen LogP contribution in [0.4, 0.5) is 0 Å². The van der Waals surface area contributed by atoms with E-state index in [2.05, 4.69) is 10.1 Å². The van der Waals surface area contributed by atoms with Gasteiger partial charge in [-0.2, -0.15) is 4.98 Å². The van der Waals surface area contributed by atoms with Crippen LogP contribution in [-0.2, 0) is 25.9 Å². The molecule has 0 unspecified atom stereocenters. The Kier molecular flexibility index (Phi) is 4.51. The molecule has 7 heteroatoms.